The predicted molar refractivity (Wildman–Crippen MR) is 60.7 cm³/mol. The number of ether oxygens (including phenoxy) is 1. The number of hydrogen-bond donors (Lipinski definition) is 1. The highest BCUT2D eigenvalue weighted by Gasteiger charge is 2.35. The maximum atomic E-state index is 11.6. The molecule has 17 heavy (non-hydrogen) atoms. The van der Waals surface area contributed by atoms with Gasteiger partial charge < -0.3 is 4.74 Å². The van der Waals surface area contributed by atoms with E-state index in [4.69, 9.17) is 9.88 Å². The first-order chi connectivity index (χ1) is 7.89. The number of primary sulfonamides is 1. The molecular formula is C11H13NO4S. The topological polar surface area (TPSA) is 86.5 Å². The van der Waals surface area contributed by atoms with Crippen LogP contribution in [0.25, 0.3) is 0 Å². The van der Waals surface area contributed by atoms with E-state index in [1.807, 2.05) is 0 Å². The molecule has 0 aliphatic carbocycles. The Bertz CT molecular complexity index is 552. The van der Waals surface area contributed by atoms with Crippen LogP contribution in [0.3, 0.4) is 0 Å². The van der Waals surface area contributed by atoms with Crippen molar-refractivity contribution in [1.29, 1.82) is 0 Å². The lowest BCUT2D eigenvalue weighted by Crippen LogP contribution is -2.17. The second-order valence-corrected chi connectivity index (χ2v) is 5.65. The second kappa shape index (κ2) is 4.12. The van der Waals surface area contributed by atoms with E-state index in [0.29, 0.717) is 12.0 Å². The zero-order chi connectivity index (χ0) is 12.6. The molecule has 1 aliphatic rings. The van der Waals surface area contributed by atoms with Gasteiger partial charge in [-0.15, -0.1) is 0 Å². The molecule has 1 fully saturated rings. The Kier molecular flexibility index (Phi) is 2.92. The highest BCUT2D eigenvalue weighted by atomic mass is 32.2. The van der Waals surface area contributed by atoms with Gasteiger partial charge in [-0.05, 0) is 18.6 Å². The highest BCUT2D eigenvalue weighted by molar-refractivity contribution is 7.89. The molecule has 2 atom stereocenters. The van der Waals surface area contributed by atoms with Crippen molar-refractivity contribution in [2.24, 2.45) is 5.14 Å². The smallest absolute Gasteiger partial charge is 0.313 e. The van der Waals surface area contributed by atoms with Gasteiger partial charge in [0.1, 0.15) is 6.10 Å². The molecule has 1 aromatic carbocycles. The number of cyclic esters (lactones) is 1. The quantitative estimate of drug-likeness (QED) is 0.790. The maximum Gasteiger partial charge on any atom is 0.313 e. The lowest BCUT2D eigenvalue weighted by atomic mass is 9.96. The van der Waals surface area contributed by atoms with Crippen molar-refractivity contribution in [3.05, 3.63) is 29.8 Å². The van der Waals surface area contributed by atoms with Gasteiger partial charge in [-0.25, -0.2) is 13.6 Å². The van der Waals surface area contributed by atoms with Crippen LogP contribution in [0.2, 0.25) is 0 Å². The predicted octanol–water partition coefficient (Wildman–Crippen LogP) is 0.753. The summed E-state index contributed by atoms with van der Waals surface area (Å²) in [6, 6.07) is 6.26. The molecule has 0 radical (unpaired) electrons. The van der Waals surface area contributed by atoms with Crippen molar-refractivity contribution >= 4 is 16.0 Å². The largest absolute Gasteiger partial charge is 0.462 e. The number of nitrogens with two attached hydrogens (primary N) is 1. The third-order valence-electron chi connectivity index (χ3n) is 2.77. The summed E-state index contributed by atoms with van der Waals surface area (Å²) in [7, 11) is -3.82. The van der Waals surface area contributed by atoms with Crippen LogP contribution < -0.4 is 5.14 Å². The van der Waals surface area contributed by atoms with Crippen LogP contribution in [-0.4, -0.2) is 20.5 Å². The molecule has 1 heterocycles. The molecule has 0 spiro atoms. The molecule has 2 N–H and O–H groups in total. The molecule has 0 aromatic heterocycles. The summed E-state index contributed by atoms with van der Waals surface area (Å²) < 4.78 is 27.9. The van der Waals surface area contributed by atoms with E-state index in [1.54, 1.807) is 25.1 Å². The van der Waals surface area contributed by atoms with Crippen molar-refractivity contribution in [2.45, 2.75) is 30.3 Å². The number of esters is 1. The average molecular weight is 255 g/mol. The van der Waals surface area contributed by atoms with Gasteiger partial charge >= 0.3 is 5.97 Å². The summed E-state index contributed by atoms with van der Waals surface area (Å²) in [5.41, 5.74) is 0.421. The zero-order valence-electron chi connectivity index (χ0n) is 9.29. The molecule has 0 saturated carbocycles. The van der Waals surface area contributed by atoms with Crippen LogP contribution in [-0.2, 0) is 19.6 Å². The first-order valence-electron chi connectivity index (χ1n) is 5.22. The summed E-state index contributed by atoms with van der Waals surface area (Å²) >= 11 is 0. The molecule has 1 saturated heterocycles. The van der Waals surface area contributed by atoms with E-state index in [9.17, 15) is 13.2 Å². The second-order valence-electron chi connectivity index (χ2n) is 4.12. The monoisotopic (exact) mass is 255 g/mol. The number of carbonyl (C=O) groups excluding carboxylic acids is 1. The first kappa shape index (κ1) is 12.1. The summed E-state index contributed by atoms with van der Waals surface area (Å²) in [6.07, 6.45) is 0.284. The molecule has 2 unspecified atom stereocenters. The van der Waals surface area contributed by atoms with Gasteiger partial charge in [-0.2, -0.15) is 0 Å². The van der Waals surface area contributed by atoms with Crippen molar-refractivity contribution < 1.29 is 17.9 Å². The van der Waals surface area contributed by atoms with Gasteiger partial charge in [0.15, 0.2) is 0 Å². The van der Waals surface area contributed by atoms with E-state index >= 15 is 0 Å². The molecule has 1 aromatic rings. The van der Waals surface area contributed by atoms with E-state index in [0.717, 1.165) is 0 Å². The molecule has 2 rings (SSSR count). The fourth-order valence-electron chi connectivity index (χ4n) is 2.04. The van der Waals surface area contributed by atoms with Crippen LogP contribution in [0.15, 0.2) is 29.2 Å². The third-order valence-corrected chi connectivity index (χ3v) is 3.76. The van der Waals surface area contributed by atoms with E-state index in [1.165, 1.54) is 6.07 Å². The van der Waals surface area contributed by atoms with Crippen LogP contribution in [0.4, 0.5) is 0 Å². The van der Waals surface area contributed by atoms with E-state index in [-0.39, 0.29) is 11.0 Å². The standard InChI is InChI=1S/C11H13NO4S/c1-7-6-9(11(13)16-7)8-4-2-3-5-10(8)17(12,14)15/h2-5,7,9H,6H2,1H3,(H2,12,14,15). The van der Waals surface area contributed by atoms with Crippen molar-refractivity contribution in [2.75, 3.05) is 0 Å². The molecule has 5 nitrogen and oxygen atoms in total. The minimum Gasteiger partial charge on any atom is -0.462 e. The zero-order valence-corrected chi connectivity index (χ0v) is 10.1. The van der Waals surface area contributed by atoms with Crippen LogP contribution in [0.1, 0.15) is 24.8 Å². The van der Waals surface area contributed by atoms with Gasteiger partial charge in [0.05, 0.1) is 10.8 Å². The Labute approximate surface area is 99.6 Å². The minimum absolute atomic E-state index is 0.00366. The average Bonchev–Trinajstić information content (AvgIpc) is 2.56. The number of sulfonamides is 1. The summed E-state index contributed by atoms with van der Waals surface area (Å²) in [5.74, 6) is -0.937. The van der Waals surface area contributed by atoms with Crippen molar-refractivity contribution in [3.8, 4) is 0 Å². The Morgan fingerprint density at radius 3 is 2.53 bits per heavy atom. The Balaban J connectivity index is 2.50. The number of benzene rings is 1. The number of rotatable bonds is 2. The summed E-state index contributed by atoms with van der Waals surface area (Å²) in [4.78, 5) is 11.6. The fraction of sp³-hybridized carbons (Fsp3) is 0.364. The first-order valence-corrected chi connectivity index (χ1v) is 6.76. The highest BCUT2D eigenvalue weighted by Crippen LogP contribution is 2.33. The van der Waals surface area contributed by atoms with Crippen molar-refractivity contribution in [3.63, 3.8) is 0 Å². The van der Waals surface area contributed by atoms with Crippen LogP contribution >= 0.6 is 0 Å². The van der Waals surface area contributed by atoms with Gasteiger partial charge in [0.2, 0.25) is 10.0 Å². The van der Waals surface area contributed by atoms with Crippen molar-refractivity contribution in [1.82, 2.24) is 0 Å². The SMILES string of the molecule is CC1CC(c2ccccc2S(N)(=O)=O)C(=O)O1. The molecule has 1 aliphatic heterocycles. The van der Waals surface area contributed by atoms with Crippen LogP contribution in [0.5, 0.6) is 0 Å². The Hall–Kier alpha value is -1.40. The van der Waals surface area contributed by atoms with Gasteiger partial charge in [0, 0.05) is 6.42 Å². The fourth-order valence-corrected chi connectivity index (χ4v) is 2.85. The third kappa shape index (κ3) is 2.32. The molecule has 92 valence electrons. The summed E-state index contributed by atoms with van der Waals surface area (Å²) in [5, 5.41) is 5.13. The molecular weight excluding hydrogens is 242 g/mol. The van der Waals surface area contributed by atoms with Gasteiger partial charge in [-0.3, -0.25) is 4.79 Å². The lowest BCUT2D eigenvalue weighted by molar-refractivity contribution is -0.141. The Morgan fingerprint density at radius 2 is 2.00 bits per heavy atom. The normalized spacial score (nSPS) is 24.7. The Morgan fingerprint density at radius 1 is 1.35 bits per heavy atom. The number of hydrogen-bond acceptors (Lipinski definition) is 4. The van der Waals surface area contributed by atoms with E-state index < -0.39 is 21.9 Å². The molecule has 6 heteroatoms. The van der Waals surface area contributed by atoms with Crippen LogP contribution in [0, 0.1) is 0 Å². The summed E-state index contributed by atoms with van der Waals surface area (Å²) in [6.45, 7) is 1.78. The number of carbonyl (C=O) groups is 1. The lowest BCUT2D eigenvalue weighted by Gasteiger charge is -2.10. The molecule has 0 amide bonds. The van der Waals surface area contributed by atoms with E-state index in [2.05, 4.69) is 0 Å². The minimum atomic E-state index is -3.82. The van der Waals surface area contributed by atoms with Gasteiger partial charge in [-0.1, -0.05) is 18.2 Å². The van der Waals surface area contributed by atoms with Gasteiger partial charge in [0.25, 0.3) is 0 Å². The maximum absolute atomic E-state index is 11.6. The molecule has 0 bridgehead atoms.